The van der Waals surface area contributed by atoms with E-state index < -0.39 is 17.5 Å². The summed E-state index contributed by atoms with van der Waals surface area (Å²) in [4.78, 5) is 34.1. The topological polar surface area (TPSA) is 110 Å². The number of carbonyl (C=O) groups excluding carboxylic acids is 1. The van der Waals surface area contributed by atoms with E-state index >= 15 is 0 Å². The molecule has 8 nitrogen and oxygen atoms in total. The molecule has 0 aliphatic heterocycles. The molecule has 0 aliphatic rings. The third-order valence-electron chi connectivity index (χ3n) is 5.03. The number of aromatic nitrogens is 3. The Morgan fingerprint density at radius 1 is 1.16 bits per heavy atom. The second-order valence-electron chi connectivity index (χ2n) is 7.02. The van der Waals surface area contributed by atoms with Gasteiger partial charge < -0.3 is 10.1 Å². The summed E-state index contributed by atoms with van der Waals surface area (Å²) in [6.45, 7) is 0.296. The summed E-state index contributed by atoms with van der Waals surface area (Å²) < 4.78 is 6.38. The Morgan fingerprint density at radius 2 is 1.91 bits per heavy atom. The van der Waals surface area contributed by atoms with Crippen molar-refractivity contribution < 1.29 is 9.53 Å². The number of nitrogens with one attached hydrogen (secondary N) is 1. The highest BCUT2D eigenvalue weighted by molar-refractivity contribution is 5.95. The van der Waals surface area contributed by atoms with Gasteiger partial charge >= 0.3 is 0 Å². The first-order valence-corrected chi connectivity index (χ1v) is 9.83. The predicted octanol–water partition coefficient (Wildman–Crippen LogP) is 2.84. The molecule has 32 heavy (non-hydrogen) atoms. The Bertz CT molecular complexity index is 1360. The smallest absolute Gasteiger partial charge is 0.270 e. The van der Waals surface area contributed by atoms with Crippen molar-refractivity contribution in [3.05, 3.63) is 100 Å². The maximum atomic E-state index is 13.1. The zero-order valence-corrected chi connectivity index (χ0v) is 17.2. The molecule has 2 heterocycles. The SMILES string of the molecule is COc1ccc(CNC(=O)c2cc3c(=O)n(C(C#N)c4ccccc4)cnc3cn2)cc1. The quantitative estimate of drug-likeness (QED) is 0.509. The fourth-order valence-corrected chi connectivity index (χ4v) is 3.30. The summed E-state index contributed by atoms with van der Waals surface area (Å²) >= 11 is 0. The van der Waals surface area contributed by atoms with Crippen molar-refractivity contribution in [2.75, 3.05) is 7.11 Å². The van der Waals surface area contributed by atoms with Crippen LogP contribution in [0.3, 0.4) is 0 Å². The maximum Gasteiger partial charge on any atom is 0.270 e. The van der Waals surface area contributed by atoms with Crippen molar-refractivity contribution in [1.82, 2.24) is 19.9 Å². The van der Waals surface area contributed by atoms with Gasteiger partial charge in [0.2, 0.25) is 0 Å². The molecule has 4 rings (SSSR count). The van der Waals surface area contributed by atoms with E-state index in [0.717, 1.165) is 11.3 Å². The van der Waals surface area contributed by atoms with E-state index in [1.54, 1.807) is 31.4 Å². The van der Waals surface area contributed by atoms with E-state index in [-0.39, 0.29) is 11.1 Å². The Labute approximate surface area is 183 Å². The molecule has 0 saturated carbocycles. The minimum absolute atomic E-state index is 0.0934. The number of hydrogen-bond donors (Lipinski definition) is 1. The van der Waals surface area contributed by atoms with Gasteiger partial charge in [0.25, 0.3) is 11.5 Å². The third kappa shape index (κ3) is 4.18. The Kier molecular flexibility index (Phi) is 5.90. The highest BCUT2D eigenvalue weighted by Gasteiger charge is 2.17. The van der Waals surface area contributed by atoms with Crippen LogP contribution in [0.4, 0.5) is 0 Å². The number of pyridine rings is 1. The normalized spacial score (nSPS) is 11.5. The van der Waals surface area contributed by atoms with Crippen LogP contribution in [-0.4, -0.2) is 27.6 Å². The molecule has 0 fully saturated rings. The first kappa shape index (κ1) is 20.8. The van der Waals surface area contributed by atoms with Crippen LogP contribution in [0, 0.1) is 11.3 Å². The number of fused-ring (bicyclic) bond motifs is 1. The summed E-state index contributed by atoms with van der Waals surface area (Å²) in [5, 5.41) is 12.7. The van der Waals surface area contributed by atoms with Crippen LogP contribution >= 0.6 is 0 Å². The van der Waals surface area contributed by atoms with Crippen LogP contribution in [0.5, 0.6) is 5.75 Å². The number of hydrogen-bond acceptors (Lipinski definition) is 6. The third-order valence-corrected chi connectivity index (χ3v) is 5.03. The number of ether oxygens (including phenoxy) is 1. The van der Waals surface area contributed by atoms with E-state index in [2.05, 4.69) is 21.4 Å². The van der Waals surface area contributed by atoms with Gasteiger partial charge in [-0.3, -0.25) is 14.2 Å². The number of rotatable bonds is 6. The molecule has 2 aromatic heterocycles. The molecule has 158 valence electrons. The first-order valence-electron chi connectivity index (χ1n) is 9.83. The van der Waals surface area contributed by atoms with Gasteiger partial charge in [0.1, 0.15) is 11.4 Å². The summed E-state index contributed by atoms with van der Waals surface area (Å²) in [6, 6.07) is 19.0. The number of methoxy groups -OCH3 is 1. The minimum atomic E-state index is -0.832. The van der Waals surface area contributed by atoms with Crippen LogP contribution in [0.15, 0.2) is 78.0 Å². The average molecular weight is 425 g/mol. The standard InChI is InChI=1S/C24H19N5O3/c1-32-18-9-7-16(8-10-18)13-27-23(30)20-11-19-21(14-26-20)28-15-29(24(19)31)22(12-25)17-5-3-2-4-6-17/h2-11,14-15,22H,13H2,1H3,(H,27,30). The number of amides is 1. The molecule has 0 aliphatic carbocycles. The maximum absolute atomic E-state index is 13.1. The summed E-state index contributed by atoms with van der Waals surface area (Å²) in [7, 11) is 1.59. The van der Waals surface area contributed by atoms with Crippen molar-refractivity contribution in [3.8, 4) is 11.8 Å². The molecule has 0 bridgehead atoms. The molecular formula is C24H19N5O3. The second kappa shape index (κ2) is 9.10. The molecular weight excluding hydrogens is 406 g/mol. The van der Waals surface area contributed by atoms with E-state index in [9.17, 15) is 14.9 Å². The van der Waals surface area contributed by atoms with Crippen LogP contribution in [0.1, 0.15) is 27.7 Å². The molecule has 0 saturated heterocycles. The average Bonchev–Trinajstić information content (AvgIpc) is 2.85. The highest BCUT2D eigenvalue weighted by Crippen LogP contribution is 2.17. The lowest BCUT2D eigenvalue weighted by atomic mass is 10.1. The molecule has 2 aromatic carbocycles. The number of benzene rings is 2. The zero-order valence-electron chi connectivity index (χ0n) is 17.2. The fourth-order valence-electron chi connectivity index (χ4n) is 3.30. The summed E-state index contributed by atoms with van der Waals surface area (Å²) in [5.41, 5.74) is 1.59. The van der Waals surface area contributed by atoms with Crippen LogP contribution in [0.25, 0.3) is 10.9 Å². The van der Waals surface area contributed by atoms with Gasteiger partial charge in [-0.2, -0.15) is 5.26 Å². The molecule has 0 spiro atoms. The van der Waals surface area contributed by atoms with Gasteiger partial charge in [-0.25, -0.2) is 9.97 Å². The van der Waals surface area contributed by atoms with E-state index in [1.165, 1.54) is 23.2 Å². The predicted molar refractivity (Wildman–Crippen MR) is 118 cm³/mol. The summed E-state index contributed by atoms with van der Waals surface area (Å²) in [5.74, 6) is 0.309. The van der Waals surface area contributed by atoms with Gasteiger partial charge in [-0.05, 0) is 29.3 Å². The van der Waals surface area contributed by atoms with E-state index in [1.807, 2.05) is 30.3 Å². The highest BCUT2D eigenvalue weighted by atomic mass is 16.5. The molecule has 1 amide bonds. The monoisotopic (exact) mass is 425 g/mol. The van der Waals surface area contributed by atoms with Gasteiger partial charge in [-0.1, -0.05) is 42.5 Å². The molecule has 1 N–H and O–H groups in total. The lowest BCUT2D eigenvalue weighted by Crippen LogP contribution is -2.27. The fraction of sp³-hybridized carbons (Fsp3) is 0.125. The minimum Gasteiger partial charge on any atom is -0.497 e. The van der Waals surface area contributed by atoms with Crippen LogP contribution < -0.4 is 15.6 Å². The molecule has 4 aromatic rings. The summed E-state index contributed by atoms with van der Waals surface area (Å²) in [6.07, 6.45) is 2.71. The van der Waals surface area contributed by atoms with E-state index in [0.29, 0.717) is 17.6 Å². The van der Waals surface area contributed by atoms with Gasteiger partial charge in [-0.15, -0.1) is 0 Å². The van der Waals surface area contributed by atoms with Gasteiger partial charge in [0.15, 0.2) is 6.04 Å². The van der Waals surface area contributed by atoms with Gasteiger partial charge in [0, 0.05) is 6.54 Å². The Morgan fingerprint density at radius 3 is 2.59 bits per heavy atom. The molecule has 0 radical (unpaired) electrons. The number of carbonyl (C=O) groups is 1. The molecule has 1 unspecified atom stereocenters. The first-order chi connectivity index (χ1) is 15.6. The molecule has 1 atom stereocenters. The van der Waals surface area contributed by atoms with Crippen molar-refractivity contribution in [1.29, 1.82) is 5.26 Å². The van der Waals surface area contributed by atoms with Crippen molar-refractivity contribution in [3.63, 3.8) is 0 Å². The van der Waals surface area contributed by atoms with Gasteiger partial charge in [0.05, 0.1) is 36.6 Å². The number of nitrogens with zero attached hydrogens (tertiary/aromatic N) is 4. The van der Waals surface area contributed by atoms with Crippen LogP contribution in [0.2, 0.25) is 0 Å². The Balaban J connectivity index is 1.61. The largest absolute Gasteiger partial charge is 0.497 e. The number of nitriles is 1. The second-order valence-corrected chi connectivity index (χ2v) is 7.02. The lowest BCUT2D eigenvalue weighted by molar-refractivity contribution is 0.0946. The van der Waals surface area contributed by atoms with E-state index in [4.69, 9.17) is 4.74 Å². The van der Waals surface area contributed by atoms with Crippen molar-refractivity contribution >= 4 is 16.8 Å². The molecule has 8 heteroatoms. The lowest BCUT2D eigenvalue weighted by Gasteiger charge is -2.13. The van der Waals surface area contributed by atoms with Crippen molar-refractivity contribution in [2.24, 2.45) is 0 Å². The van der Waals surface area contributed by atoms with Crippen molar-refractivity contribution in [2.45, 2.75) is 12.6 Å². The van der Waals surface area contributed by atoms with Crippen LogP contribution in [-0.2, 0) is 6.54 Å². The Hall–Kier alpha value is -4.51. The zero-order chi connectivity index (χ0) is 22.5.